The van der Waals surface area contributed by atoms with Gasteiger partial charge in [0.2, 0.25) is 0 Å². The number of aldehydes is 2. The first-order chi connectivity index (χ1) is 55.4. The zero-order chi connectivity index (χ0) is 88.2. The largest absolute Gasteiger partial charge is 0.488 e. The topological polar surface area (TPSA) is 190 Å². The van der Waals surface area contributed by atoms with Crippen LogP contribution in [-0.4, -0.2) is 268 Å². The minimum Gasteiger partial charge on any atom is -0.481 e. The third-order valence-electron chi connectivity index (χ3n) is 17.3. The molecular weight excluding hydrogens is 2310 g/mol. The van der Waals surface area contributed by atoms with Crippen LogP contribution in [0, 0.1) is 0 Å². The Morgan fingerprint density at radius 3 is 0.880 bits per heavy atom. The van der Waals surface area contributed by atoms with Gasteiger partial charge in [0.05, 0.1) is 1.93 Å². The Hall–Kier alpha value is -1.29. The zero-order valence-corrected chi connectivity index (χ0v) is 89.9. The van der Waals surface area contributed by atoms with E-state index < -0.39 is 19.1 Å². The molecule has 6 aromatic rings. The molecule has 6 aromatic carbocycles. The van der Waals surface area contributed by atoms with Crippen LogP contribution in [0.2, 0.25) is 0 Å². The number of aliphatic carboxylic acids is 2. The third-order valence-corrected chi connectivity index (χ3v) is 17.8. The fourth-order valence-corrected chi connectivity index (χ4v) is 11.8. The molecule has 0 aliphatic carbocycles. The summed E-state index contributed by atoms with van der Waals surface area (Å²) in [7, 11) is 9.59. The standard InChI is InChI=1S/C26H38N4.C20H24N2O.C13H19BrN2.C7H7BO3.C6H14N2.C2H3I3.C2H4I2.C2H5I.2C2H4O2.4C2H6.Pd/c1-27-13-3-15-29(19-17-27)21-23-5-9-25(10-6-23)26-11-7-24(8-12-26)22-30-16-4-14-28(2)18-20-30;1-21-11-2-12-22(14-13-21)15-17-3-7-19(8-4-17)20-9-5-18(16-23)6-10-20;1-15-7-2-8-16(10-9-15)11-12-3-5-13(14)6-4-12;9-5-6-1-3-7(4-2-6)8(10)11;1-8-5-2-3-7-4-6-8;1-2(3,4)5;1-2(3)4;1-2-3;2*1-2(3)4;4*1-2;/h5-12H,3-4,13-22H2,1-2H3;3-10,16H,2,11-15H2,1H3;3-6H,2,7-11H2,1H3;1-5,10-11H;7H,2-6H2,1H3;1H3;2H,1H3;2H2,1H3;2*1H3,(H,3,4);4*1-2H3;. The number of carbonyl (C=O) groups is 4. The van der Waals surface area contributed by atoms with E-state index in [4.69, 9.17) is 29.9 Å². The van der Waals surface area contributed by atoms with Crippen molar-refractivity contribution < 1.29 is 59.9 Å². The van der Waals surface area contributed by atoms with Gasteiger partial charge in [-0.15, -0.1) is 0 Å². The second-order valence-corrected chi connectivity index (χ2v) is 48.6. The summed E-state index contributed by atoms with van der Waals surface area (Å²) in [5, 5.41) is 35.5. The van der Waals surface area contributed by atoms with Crippen LogP contribution in [0.4, 0.5) is 0 Å². The molecular formula is C90H146BBrI6N10O8Pd. The monoisotopic (exact) mass is 2450 g/mol. The number of hydrogen-bond donors (Lipinski definition) is 5. The Kier molecular flexibility index (Phi) is 82.8. The molecule has 0 amide bonds. The fourth-order valence-electron chi connectivity index (χ4n) is 11.5. The molecule has 0 bridgehead atoms. The van der Waals surface area contributed by atoms with E-state index in [0.717, 1.165) is 83.5 Å². The average Bonchev–Trinajstić information content (AvgIpc) is 1.17. The molecule has 117 heavy (non-hydrogen) atoms. The molecule has 5 fully saturated rings. The van der Waals surface area contributed by atoms with E-state index in [1.54, 1.807) is 0 Å². The van der Waals surface area contributed by atoms with Crippen molar-refractivity contribution in [2.75, 3.05) is 171 Å². The van der Waals surface area contributed by atoms with Gasteiger partial charge < -0.3 is 50.1 Å². The smallest absolute Gasteiger partial charge is 0.481 e. The summed E-state index contributed by atoms with van der Waals surface area (Å²) >= 11 is 17.5. The van der Waals surface area contributed by atoms with Crippen molar-refractivity contribution in [2.45, 2.75) is 150 Å². The van der Waals surface area contributed by atoms with Gasteiger partial charge in [-0.2, -0.15) is 0 Å². The number of carboxylic acid groups (broad SMARTS) is 2. The van der Waals surface area contributed by atoms with E-state index in [-0.39, 0.29) is 20.4 Å². The van der Waals surface area contributed by atoms with Gasteiger partial charge in [-0.05, 0) is 213 Å². The molecule has 5 saturated heterocycles. The molecule has 0 atom stereocenters. The van der Waals surface area contributed by atoms with Crippen molar-refractivity contribution in [2.24, 2.45) is 0 Å². The normalized spacial score (nSPS) is 15.5. The Bertz CT molecular complexity index is 3210. The number of nitrogens with zero attached hydrogens (tertiary/aromatic N) is 9. The van der Waals surface area contributed by atoms with Crippen LogP contribution in [0.5, 0.6) is 0 Å². The first-order valence-corrected chi connectivity index (χ1v) is 49.2. The predicted molar refractivity (Wildman–Crippen MR) is 554 cm³/mol. The van der Waals surface area contributed by atoms with Crippen molar-refractivity contribution >= 4 is 189 Å². The Labute approximate surface area is 814 Å². The fraction of sp³-hybridized carbons (Fsp3) is 0.556. The summed E-state index contributed by atoms with van der Waals surface area (Å²) in [5.41, 5.74) is 12.2. The molecule has 0 aromatic heterocycles. The minimum absolute atomic E-state index is 0. The SMILES string of the molecule is CC.CC.CC.CC.CC(=O)O.CC(=O)O.CC(I)(I)I.CC(I)I.CCI.CN1CCCN(Cc2ccc(-c3ccc(C=O)cc3)cc2)CC1.CN1CCCN(Cc2ccc(-c3ccc(CN4CCCN(C)CC4)cc3)cc2)CC1.CN1CCCN(Cc2ccc(Br)cc2)CC1.CN1CCCNCC1.O=Cc1ccc(B(O)O)cc1.[Pd]. The van der Waals surface area contributed by atoms with Gasteiger partial charge in [0.1, 0.15) is 12.0 Å². The van der Waals surface area contributed by atoms with Crippen molar-refractivity contribution in [3.8, 4) is 22.3 Å². The maximum Gasteiger partial charge on any atom is 0.488 e. The van der Waals surface area contributed by atoms with Gasteiger partial charge in [0.25, 0.3) is 11.9 Å². The van der Waals surface area contributed by atoms with Crippen LogP contribution < -0.4 is 10.8 Å². The number of halogens is 7. The van der Waals surface area contributed by atoms with E-state index in [0.29, 0.717) is 16.7 Å². The number of likely N-dealkylation sites (N-methyl/N-ethyl adjacent to an activating group) is 5. The Morgan fingerprint density at radius 1 is 0.427 bits per heavy atom. The first-order valence-electron chi connectivity index (χ1n) is 41.2. The number of carboxylic acids is 2. The second kappa shape index (κ2) is 79.4. The maximum absolute atomic E-state index is 10.7. The van der Waals surface area contributed by atoms with E-state index in [2.05, 4.69) is 354 Å². The van der Waals surface area contributed by atoms with Crippen LogP contribution in [0.15, 0.2) is 150 Å². The van der Waals surface area contributed by atoms with Crippen LogP contribution in [0.1, 0.15) is 165 Å². The zero-order valence-electron chi connectivity index (χ0n) is 73.8. The summed E-state index contributed by atoms with van der Waals surface area (Å²) in [5.74, 6) is -1.67. The summed E-state index contributed by atoms with van der Waals surface area (Å²) in [6, 6.07) is 49.6. The van der Waals surface area contributed by atoms with Crippen molar-refractivity contribution in [1.82, 2.24) is 49.4 Å². The predicted octanol–water partition coefficient (Wildman–Crippen LogP) is 19.5. The van der Waals surface area contributed by atoms with Crippen LogP contribution >= 0.6 is 151 Å². The summed E-state index contributed by atoms with van der Waals surface area (Å²) in [6.07, 6.45) is 7.96. The molecule has 0 spiro atoms. The summed E-state index contributed by atoms with van der Waals surface area (Å²) in [6.45, 7) is 52.7. The van der Waals surface area contributed by atoms with E-state index in [1.165, 1.54) is 211 Å². The van der Waals surface area contributed by atoms with Gasteiger partial charge in [0, 0.05) is 141 Å². The molecule has 0 saturated carbocycles. The van der Waals surface area contributed by atoms with Crippen LogP contribution in [-0.2, 0) is 56.2 Å². The molecule has 5 aliphatic rings. The van der Waals surface area contributed by atoms with E-state index >= 15 is 0 Å². The Morgan fingerprint density at radius 2 is 0.641 bits per heavy atom. The van der Waals surface area contributed by atoms with Gasteiger partial charge >= 0.3 is 7.12 Å². The van der Waals surface area contributed by atoms with Crippen molar-refractivity contribution in [3.05, 3.63) is 183 Å². The second-order valence-electron chi connectivity index (χ2n) is 27.4. The number of nitrogens with one attached hydrogen (secondary N) is 1. The summed E-state index contributed by atoms with van der Waals surface area (Å²) < 4.78 is 3.56. The number of hydrogen-bond acceptors (Lipinski definition) is 16. The number of benzene rings is 6. The van der Waals surface area contributed by atoms with E-state index in [9.17, 15) is 9.59 Å². The minimum atomic E-state index is -1.46. The summed E-state index contributed by atoms with van der Waals surface area (Å²) in [4.78, 5) is 61.2. The molecule has 18 nitrogen and oxygen atoms in total. The third kappa shape index (κ3) is 70.6. The van der Waals surface area contributed by atoms with E-state index in [1.807, 2.05) is 79.7 Å². The number of carbonyl (C=O) groups excluding carboxylic acids is 2. The van der Waals surface area contributed by atoms with Gasteiger partial charge in [-0.25, -0.2) is 0 Å². The molecule has 5 heterocycles. The molecule has 11 rings (SSSR count). The first kappa shape index (κ1) is 122. The Balaban J connectivity index is -0.000000655. The average molecular weight is 2450 g/mol. The van der Waals surface area contributed by atoms with Crippen molar-refractivity contribution in [1.29, 1.82) is 0 Å². The quantitative estimate of drug-likeness (QED) is 0.0317. The molecule has 27 heteroatoms. The van der Waals surface area contributed by atoms with Gasteiger partial charge in [0.15, 0.2) is 0 Å². The number of alkyl halides is 6. The van der Waals surface area contributed by atoms with Crippen molar-refractivity contribution in [3.63, 3.8) is 0 Å². The molecule has 5 N–H and O–H groups in total. The molecule has 666 valence electrons. The number of rotatable bonds is 13. The van der Waals surface area contributed by atoms with Crippen LogP contribution in [0.3, 0.4) is 0 Å². The van der Waals surface area contributed by atoms with Gasteiger partial charge in [-0.3, -0.25) is 38.8 Å². The molecule has 0 radical (unpaired) electrons. The molecule has 0 unspecified atom stereocenters. The van der Waals surface area contributed by atoms with Crippen LogP contribution in [0.25, 0.3) is 22.3 Å². The van der Waals surface area contributed by atoms with Gasteiger partial charge in [-0.1, -0.05) is 347 Å². The molecule has 5 aliphatic heterocycles. The maximum atomic E-state index is 10.7.